The summed E-state index contributed by atoms with van der Waals surface area (Å²) in [6, 6.07) is 1.06. The van der Waals surface area contributed by atoms with E-state index < -0.39 is 0 Å². The van der Waals surface area contributed by atoms with E-state index in [2.05, 4.69) is 33.5 Å². The van der Waals surface area contributed by atoms with Crippen molar-refractivity contribution in [3.8, 4) is 0 Å². The minimum atomic E-state index is 1.06. The molecule has 0 unspecified atom stereocenters. The molecule has 0 amide bonds. The lowest BCUT2D eigenvalue weighted by Gasteiger charge is -1.97. The van der Waals surface area contributed by atoms with Crippen LogP contribution in [0.4, 0.5) is 0 Å². The normalized spacial score (nSPS) is 12.1. The molecule has 0 bridgehead atoms. The molecule has 0 nitrogen and oxygen atoms in total. The molecule has 0 N–H and O–H groups in total. The quantitative estimate of drug-likeness (QED) is 0.549. The summed E-state index contributed by atoms with van der Waals surface area (Å²) in [6.07, 6.45) is 7.12. The van der Waals surface area contributed by atoms with E-state index in [4.69, 9.17) is 0 Å². The van der Waals surface area contributed by atoms with Crippen LogP contribution in [0.15, 0.2) is 11.3 Å². The van der Waals surface area contributed by atoms with Crippen molar-refractivity contribution in [1.82, 2.24) is 0 Å². The fourth-order valence-corrected chi connectivity index (χ4v) is 1.18. The summed E-state index contributed by atoms with van der Waals surface area (Å²) < 4.78 is 0. The first-order valence-electron chi connectivity index (χ1n) is 3.86. The fraction of sp³-hybridized carbons (Fsp3) is 0.750. The van der Waals surface area contributed by atoms with Crippen LogP contribution in [0.2, 0.25) is 6.04 Å². The van der Waals surface area contributed by atoms with Crippen LogP contribution in [0.5, 0.6) is 0 Å². The van der Waals surface area contributed by atoms with Crippen LogP contribution in [0.3, 0.4) is 0 Å². The van der Waals surface area contributed by atoms with E-state index in [1.165, 1.54) is 24.5 Å². The van der Waals surface area contributed by atoms with Gasteiger partial charge in [0.25, 0.3) is 0 Å². The molecule has 0 aromatic carbocycles. The van der Waals surface area contributed by atoms with Gasteiger partial charge in [-0.1, -0.05) is 37.1 Å². The predicted octanol–water partition coefficient (Wildman–Crippen LogP) is 2.21. The molecule has 0 saturated carbocycles. The number of hydrogen-bond donors (Lipinski definition) is 0. The second-order valence-corrected chi connectivity index (χ2v) is 3.51. The van der Waals surface area contributed by atoms with Crippen molar-refractivity contribution >= 4 is 20.5 Å². The third kappa shape index (κ3) is 6.30. The summed E-state index contributed by atoms with van der Waals surface area (Å²) in [7, 11) is 6.99. The molecule has 0 saturated heterocycles. The average Bonchev–Trinajstić information content (AvgIpc) is 1.97. The van der Waals surface area contributed by atoms with Gasteiger partial charge in [0.15, 0.2) is 0 Å². The van der Waals surface area contributed by atoms with Crippen molar-refractivity contribution in [3.05, 3.63) is 11.3 Å². The predicted molar refractivity (Wildman–Crippen MR) is 48.5 cm³/mol. The smallest absolute Gasteiger partial charge is 0.0646 e. The van der Waals surface area contributed by atoms with E-state index in [9.17, 15) is 0 Å². The van der Waals surface area contributed by atoms with Gasteiger partial charge in [-0.2, -0.15) is 0 Å². The molecular weight excluding hydrogens is 152 g/mol. The second-order valence-electron chi connectivity index (χ2n) is 2.37. The first-order valence-corrected chi connectivity index (χ1v) is 5.07. The van der Waals surface area contributed by atoms with Crippen LogP contribution in [0, 0.1) is 0 Å². The van der Waals surface area contributed by atoms with Gasteiger partial charge in [0.05, 0.1) is 10.2 Å². The second kappa shape index (κ2) is 7.28. The Kier molecular flexibility index (Phi) is 7.41. The summed E-state index contributed by atoms with van der Waals surface area (Å²) in [4.78, 5) is 0. The van der Waals surface area contributed by atoms with Gasteiger partial charge in [0, 0.05) is 10.2 Å². The number of unbranched alkanes of at least 4 members (excludes halogenated alkanes) is 1. The van der Waals surface area contributed by atoms with Gasteiger partial charge in [-0.15, -0.1) is 0 Å². The van der Waals surface area contributed by atoms with Crippen molar-refractivity contribution in [2.45, 2.75) is 38.7 Å². The Balaban J connectivity index is 3.30. The van der Waals surface area contributed by atoms with E-state index in [0.717, 1.165) is 12.5 Å². The van der Waals surface area contributed by atoms with Gasteiger partial charge in [-0.25, -0.2) is 0 Å². The molecule has 0 aliphatic carbocycles. The lowest BCUT2D eigenvalue weighted by Crippen LogP contribution is -1.82. The fourth-order valence-electron chi connectivity index (χ4n) is 0.716. The Morgan fingerprint density at radius 2 is 2.20 bits per heavy atom. The molecule has 0 spiro atoms. The third-order valence-corrected chi connectivity index (χ3v) is 2.08. The van der Waals surface area contributed by atoms with Gasteiger partial charge in [0.1, 0.15) is 0 Å². The largest absolute Gasteiger partial charge is 0.0923 e. The Labute approximate surface area is 70.9 Å². The van der Waals surface area contributed by atoms with Crippen molar-refractivity contribution in [1.29, 1.82) is 0 Å². The van der Waals surface area contributed by atoms with Crippen LogP contribution in [-0.4, -0.2) is 20.5 Å². The van der Waals surface area contributed by atoms with Crippen LogP contribution >= 0.6 is 0 Å². The molecule has 0 fully saturated rings. The lowest BCUT2D eigenvalue weighted by atomic mass is 10.2. The Morgan fingerprint density at radius 3 is 2.70 bits per heavy atom. The summed E-state index contributed by atoms with van der Waals surface area (Å²) in [5, 5.41) is 1.35. The molecule has 0 heterocycles. The Hall–Kier alpha value is 0.174. The molecule has 10 heavy (non-hydrogen) atoms. The van der Waals surface area contributed by atoms with Gasteiger partial charge < -0.3 is 0 Å². The minimum Gasteiger partial charge on any atom is -0.0923 e. The van der Waals surface area contributed by atoms with Gasteiger partial charge in [-0.3, -0.25) is 0 Å². The van der Waals surface area contributed by atoms with Crippen molar-refractivity contribution < 1.29 is 0 Å². The van der Waals surface area contributed by atoms with Gasteiger partial charge >= 0.3 is 0 Å². The molecule has 0 aliphatic heterocycles. The maximum absolute atomic E-state index is 3.57. The zero-order valence-corrected chi connectivity index (χ0v) is 8.61. The summed E-state index contributed by atoms with van der Waals surface area (Å²) in [6.45, 7) is 2.21. The first-order chi connectivity index (χ1) is 4.81. The van der Waals surface area contributed by atoms with Crippen molar-refractivity contribution in [2.24, 2.45) is 0 Å². The highest BCUT2D eigenvalue weighted by molar-refractivity contribution is 6.21. The highest BCUT2D eigenvalue weighted by atomic mass is 28.1. The number of allylic oxidation sites excluding steroid dienone is 2. The molecule has 0 aromatic rings. The molecule has 6 radical (unpaired) electrons. The molecule has 0 atom stereocenters. The van der Waals surface area contributed by atoms with Gasteiger partial charge in [-0.05, 0) is 12.8 Å². The zero-order valence-electron chi connectivity index (χ0n) is 6.61. The minimum absolute atomic E-state index is 1.06. The average molecular weight is 166 g/mol. The van der Waals surface area contributed by atoms with Crippen LogP contribution in [-0.2, 0) is 0 Å². The Morgan fingerprint density at radius 1 is 1.50 bits per heavy atom. The molecule has 54 valence electrons. The van der Waals surface area contributed by atoms with E-state index in [1.807, 2.05) is 0 Å². The third-order valence-electron chi connectivity index (χ3n) is 1.33. The van der Waals surface area contributed by atoms with Crippen LogP contribution in [0.1, 0.15) is 32.6 Å². The standard InChI is InChI=1S/C8H14Si2/c1-2-3-5-8(10)6-4-7-9/h6H,2-5,7H2,1H3/b8-6-. The zero-order chi connectivity index (χ0) is 7.82. The molecule has 0 rings (SSSR count). The first kappa shape index (κ1) is 10.2. The van der Waals surface area contributed by atoms with Crippen molar-refractivity contribution in [3.63, 3.8) is 0 Å². The summed E-state index contributed by atoms with van der Waals surface area (Å²) >= 11 is 0. The highest BCUT2D eigenvalue weighted by Gasteiger charge is 1.87. The molecule has 2 heteroatoms. The summed E-state index contributed by atoms with van der Waals surface area (Å²) in [5.74, 6) is 0. The maximum Gasteiger partial charge on any atom is 0.0646 e. The van der Waals surface area contributed by atoms with E-state index in [1.54, 1.807) is 0 Å². The van der Waals surface area contributed by atoms with Gasteiger partial charge in [0.2, 0.25) is 0 Å². The van der Waals surface area contributed by atoms with Crippen LogP contribution in [0.25, 0.3) is 0 Å². The monoisotopic (exact) mass is 166 g/mol. The molecular formula is C8H14Si2. The SMILES string of the molecule is CCCC/C([Si])=C/CC[Si]. The van der Waals surface area contributed by atoms with E-state index in [-0.39, 0.29) is 0 Å². The lowest BCUT2D eigenvalue weighted by molar-refractivity contribution is 0.804. The molecule has 0 aromatic heterocycles. The highest BCUT2D eigenvalue weighted by Crippen LogP contribution is 2.04. The number of hydrogen-bond acceptors (Lipinski definition) is 0. The Bertz CT molecular complexity index is 97.4. The maximum atomic E-state index is 3.57. The number of rotatable bonds is 5. The summed E-state index contributed by atoms with van der Waals surface area (Å²) in [5.41, 5.74) is 0. The van der Waals surface area contributed by atoms with Crippen LogP contribution < -0.4 is 0 Å². The molecule has 0 aliphatic rings. The topological polar surface area (TPSA) is 0 Å². The van der Waals surface area contributed by atoms with E-state index >= 15 is 0 Å². The van der Waals surface area contributed by atoms with E-state index in [0.29, 0.717) is 0 Å². The van der Waals surface area contributed by atoms with Crippen molar-refractivity contribution in [2.75, 3.05) is 0 Å².